The van der Waals surface area contributed by atoms with Gasteiger partial charge in [0.2, 0.25) is 11.8 Å². The van der Waals surface area contributed by atoms with Crippen molar-refractivity contribution in [2.24, 2.45) is 23.7 Å². The summed E-state index contributed by atoms with van der Waals surface area (Å²) in [5, 5.41) is 8.15. The summed E-state index contributed by atoms with van der Waals surface area (Å²) >= 11 is 1.21. The Hall–Kier alpha value is -4.10. The van der Waals surface area contributed by atoms with Crippen LogP contribution >= 0.6 is 11.3 Å². The van der Waals surface area contributed by atoms with E-state index in [-0.39, 0.29) is 54.9 Å². The van der Waals surface area contributed by atoms with Crippen LogP contribution in [0.15, 0.2) is 48.4 Å². The summed E-state index contributed by atoms with van der Waals surface area (Å²) in [5.74, 6) is -2.73. The summed E-state index contributed by atoms with van der Waals surface area (Å²) in [4.78, 5) is 75.1. The third-order valence-electron chi connectivity index (χ3n) is 9.98. The first-order valence-corrected chi connectivity index (χ1v) is 20.9. The van der Waals surface area contributed by atoms with Gasteiger partial charge in [-0.1, -0.05) is 111 Å². The fraction of sp³-hybridized carbons (Fsp3) is 0.628. The van der Waals surface area contributed by atoms with E-state index in [1.807, 2.05) is 70.0 Å². The molecule has 0 saturated carbocycles. The maximum absolute atomic E-state index is 14.2. The highest BCUT2D eigenvalue weighted by molar-refractivity contribution is 7.09. The number of aromatic nitrogens is 1. The van der Waals surface area contributed by atoms with Gasteiger partial charge < -0.3 is 25.0 Å². The van der Waals surface area contributed by atoms with Gasteiger partial charge in [-0.2, -0.15) is 0 Å². The van der Waals surface area contributed by atoms with E-state index in [0.29, 0.717) is 24.3 Å². The van der Waals surface area contributed by atoms with Crippen LogP contribution in [0.25, 0.3) is 0 Å². The first-order chi connectivity index (χ1) is 26.5. The Morgan fingerprint density at radius 2 is 1.62 bits per heavy atom. The van der Waals surface area contributed by atoms with Crippen molar-refractivity contribution in [3.05, 3.63) is 64.6 Å². The lowest BCUT2D eigenvalue weighted by Crippen LogP contribution is -2.55. The SMILES string of the molecule is C=CCOC(=O)[C@@H](C)C[C@H](Cc1ccccc1)NC(=O)c1csc([C@@H](C[C@H](C(C)C)N(C)C(=O)[C@@H](NC(=O)CN(C)CCCC)[C@@H](C)CC)OC(=O)C(C)C)n1. The van der Waals surface area contributed by atoms with Crippen LogP contribution in [-0.4, -0.2) is 96.4 Å². The molecule has 1 aromatic heterocycles. The minimum absolute atomic E-state index is 0.0562. The van der Waals surface area contributed by atoms with Gasteiger partial charge in [-0.05, 0) is 50.3 Å². The Bertz CT molecular complexity index is 1550. The summed E-state index contributed by atoms with van der Waals surface area (Å²) in [6.45, 7) is 20.0. The molecule has 2 rings (SSSR count). The highest BCUT2D eigenvalue weighted by Gasteiger charge is 2.36. The molecular weight excluding hydrogens is 731 g/mol. The molecule has 0 unspecified atom stereocenters. The number of likely N-dealkylation sites (N-methyl/N-ethyl adjacent to an activating group) is 2. The molecule has 12 nitrogen and oxygen atoms in total. The van der Waals surface area contributed by atoms with E-state index >= 15 is 0 Å². The Labute approximate surface area is 339 Å². The molecule has 0 bridgehead atoms. The van der Waals surface area contributed by atoms with Gasteiger partial charge in [0.05, 0.1) is 18.4 Å². The smallest absolute Gasteiger partial charge is 0.309 e. The average molecular weight is 798 g/mol. The Morgan fingerprint density at radius 1 is 0.946 bits per heavy atom. The van der Waals surface area contributed by atoms with Gasteiger partial charge in [0, 0.05) is 30.9 Å². The van der Waals surface area contributed by atoms with E-state index in [0.717, 1.165) is 24.9 Å². The molecule has 0 aliphatic carbocycles. The molecule has 0 aliphatic rings. The second-order valence-corrected chi connectivity index (χ2v) is 16.5. The second kappa shape index (κ2) is 24.5. The first-order valence-electron chi connectivity index (χ1n) is 20.0. The van der Waals surface area contributed by atoms with Gasteiger partial charge >= 0.3 is 11.9 Å². The van der Waals surface area contributed by atoms with Crippen molar-refractivity contribution < 1.29 is 33.4 Å². The van der Waals surface area contributed by atoms with Crippen molar-refractivity contribution in [2.45, 2.75) is 118 Å². The van der Waals surface area contributed by atoms with Crippen molar-refractivity contribution in [2.75, 3.05) is 33.8 Å². The van der Waals surface area contributed by atoms with Gasteiger partial charge in [-0.15, -0.1) is 11.3 Å². The lowest BCUT2D eigenvalue weighted by atomic mass is 9.93. The van der Waals surface area contributed by atoms with Gasteiger partial charge in [-0.25, -0.2) is 4.98 Å². The molecule has 0 saturated heterocycles. The summed E-state index contributed by atoms with van der Waals surface area (Å²) in [6, 6.07) is 8.15. The highest BCUT2D eigenvalue weighted by atomic mass is 32.1. The molecule has 2 aromatic rings. The first kappa shape index (κ1) is 48.0. The molecule has 0 fully saturated rings. The van der Waals surface area contributed by atoms with E-state index in [1.165, 1.54) is 17.4 Å². The summed E-state index contributed by atoms with van der Waals surface area (Å²) in [5.41, 5.74) is 1.15. The van der Waals surface area contributed by atoms with Crippen LogP contribution < -0.4 is 10.6 Å². The molecule has 1 aromatic carbocycles. The number of nitrogens with one attached hydrogen (secondary N) is 2. The van der Waals surface area contributed by atoms with Crippen LogP contribution in [0.5, 0.6) is 0 Å². The Morgan fingerprint density at radius 3 is 2.21 bits per heavy atom. The number of nitrogens with zero attached hydrogens (tertiary/aromatic N) is 3. The fourth-order valence-corrected chi connectivity index (χ4v) is 7.15. The number of carbonyl (C=O) groups is 5. The van der Waals surface area contributed by atoms with Crippen molar-refractivity contribution in [1.82, 2.24) is 25.4 Å². The van der Waals surface area contributed by atoms with E-state index in [9.17, 15) is 24.0 Å². The van der Waals surface area contributed by atoms with Crippen LogP contribution in [-0.2, 0) is 35.1 Å². The number of rotatable bonds is 25. The molecule has 2 N–H and O–H groups in total. The average Bonchev–Trinajstić information content (AvgIpc) is 3.66. The maximum atomic E-state index is 14.2. The molecule has 0 radical (unpaired) electrons. The number of unbranched alkanes of at least 4 members (excludes halogenated alkanes) is 1. The molecule has 3 amide bonds. The number of ether oxygens (including phenoxy) is 2. The predicted octanol–water partition coefficient (Wildman–Crippen LogP) is 6.62. The van der Waals surface area contributed by atoms with Gasteiger partial charge in [0.25, 0.3) is 5.91 Å². The predicted molar refractivity (Wildman–Crippen MR) is 222 cm³/mol. The monoisotopic (exact) mass is 797 g/mol. The van der Waals surface area contributed by atoms with Crippen molar-refractivity contribution in [1.29, 1.82) is 0 Å². The summed E-state index contributed by atoms with van der Waals surface area (Å²) < 4.78 is 11.3. The zero-order valence-corrected chi connectivity index (χ0v) is 36.2. The maximum Gasteiger partial charge on any atom is 0.309 e. The van der Waals surface area contributed by atoms with Crippen LogP contribution in [0, 0.1) is 23.7 Å². The summed E-state index contributed by atoms with van der Waals surface area (Å²) in [7, 11) is 3.63. The standard InChI is InChI=1S/C43H67N5O7S/c1-12-15-21-47(10)26-37(49)46-38(30(8)14-3)41(51)48(11)35(28(4)5)25-36(55-42(52)29(6)7)40-45-34(27-56-40)39(50)44-33(24-32-19-17-16-18-20-32)23-31(9)43(53)54-22-13-2/h13,16-20,27-31,33,35-36,38H,2,12,14-15,21-26H2,1,3-11H3,(H,44,50)(H,46,49)/t30-,31-,33+,35+,36+,38-/m0/s1. The van der Waals surface area contributed by atoms with Gasteiger partial charge in [0.1, 0.15) is 23.4 Å². The molecule has 1 heterocycles. The number of carbonyl (C=O) groups excluding carboxylic acids is 5. The third kappa shape index (κ3) is 15.8. The van der Waals surface area contributed by atoms with Crippen LogP contribution in [0.4, 0.5) is 0 Å². The number of hydrogen-bond donors (Lipinski definition) is 2. The topological polar surface area (TPSA) is 147 Å². The minimum Gasteiger partial charge on any atom is -0.461 e. The molecule has 0 spiro atoms. The molecule has 56 heavy (non-hydrogen) atoms. The number of benzene rings is 1. The fourth-order valence-electron chi connectivity index (χ4n) is 6.31. The van der Waals surface area contributed by atoms with E-state index in [4.69, 9.17) is 9.47 Å². The highest BCUT2D eigenvalue weighted by Crippen LogP contribution is 2.32. The number of amides is 3. The lowest BCUT2D eigenvalue weighted by Gasteiger charge is -2.37. The molecule has 6 atom stereocenters. The number of hydrogen-bond acceptors (Lipinski definition) is 10. The molecule has 312 valence electrons. The second-order valence-electron chi connectivity index (χ2n) is 15.6. The number of thiazole rings is 1. The van der Waals surface area contributed by atoms with E-state index in [1.54, 1.807) is 38.1 Å². The molecular formula is C43H67N5O7S. The zero-order valence-electron chi connectivity index (χ0n) is 35.3. The van der Waals surface area contributed by atoms with Crippen LogP contribution in [0.1, 0.15) is 115 Å². The third-order valence-corrected chi connectivity index (χ3v) is 10.9. The quantitative estimate of drug-likeness (QED) is 0.0837. The zero-order chi connectivity index (χ0) is 41.9. The largest absolute Gasteiger partial charge is 0.461 e. The van der Waals surface area contributed by atoms with Crippen molar-refractivity contribution in [3.63, 3.8) is 0 Å². The Kier molecular flexibility index (Phi) is 21.0. The van der Waals surface area contributed by atoms with Gasteiger partial charge in [0.15, 0.2) is 6.10 Å². The minimum atomic E-state index is -0.845. The summed E-state index contributed by atoms with van der Waals surface area (Å²) in [6.07, 6.45) is 4.41. The van der Waals surface area contributed by atoms with Crippen LogP contribution in [0.3, 0.4) is 0 Å². The molecule has 0 aliphatic heterocycles. The van der Waals surface area contributed by atoms with Gasteiger partial charge in [-0.3, -0.25) is 28.9 Å². The van der Waals surface area contributed by atoms with Crippen molar-refractivity contribution in [3.8, 4) is 0 Å². The van der Waals surface area contributed by atoms with Crippen molar-refractivity contribution >= 4 is 41.0 Å². The van der Waals surface area contributed by atoms with Crippen LogP contribution in [0.2, 0.25) is 0 Å². The van der Waals surface area contributed by atoms with E-state index in [2.05, 4.69) is 29.1 Å². The molecule has 13 heteroatoms. The number of esters is 2. The Balaban J connectivity index is 2.37. The normalized spacial score (nSPS) is 14.7. The van der Waals surface area contributed by atoms with E-state index < -0.39 is 47.9 Å². The lowest BCUT2D eigenvalue weighted by molar-refractivity contribution is -0.155.